The second kappa shape index (κ2) is 12.4. The Balaban J connectivity index is -0.000000405. The van der Waals surface area contributed by atoms with E-state index < -0.39 is 12.0 Å². The van der Waals surface area contributed by atoms with Gasteiger partial charge in [0, 0.05) is 59.1 Å². The first-order valence-electron chi connectivity index (χ1n) is 3.37. The number of carboxylic acids is 1. The number of aliphatic carboxylic acids is 1. The van der Waals surface area contributed by atoms with Gasteiger partial charge in [-0.05, 0) is 19.4 Å². The molecule has 0 aliphatic carbocycles. The molecule has 0 aliphatic heterocycles. The molecule has 0 spiro atoms. The van der Waals surface area contributed by atoms with Crippen molar-refractivity contribution < 1.29 is 9.90 Å². The quantitative estimate of drug-likeness (QED) is 0.375. The zero-order valence-electron chi connectivity index (χ0n) is 7.92. The summed E-state index contributed by atoms with van der Waals surface area (Å²) in [6, 6.07) is -0.716. The average molecular weight is 192 g/mol. The van der Waals surface area contributed by atoms with Gasteiger partial charge in [0.25, 0.3) is 0 Å². The Labute approximate surface area is 117 Å². The third-order valence-electron chi connectivity index (χ3n) is 1.29. The summed E-state index contributed by atoms with van der Waals surface area (Å²) in [6.45, 7) is 0.604. The zero-order valence-corrected chi connectivity index (χ0v) is 11.9. The van der Waals surface area contributed by atoms with E-state index in [1.54, 1.807) is 0 Å². The molecule has 0 heterocycles. The molecule has 2 radical (unpaired) electrons. The minimum Gasteiger partial charge on any atom is -0.480 e. The minimum absolute atomic E-state index is 0. The summed E-state index contributed by atoms with van der Waals surface area (Å²) in [5, 5.41) is 8.33. The summed E-state index contributed by atoms with van der Waals surface area (Å²) in [7, 11) is 0. The van der Waals surface area contributed by atoms with E-state index in [9.17, 15) is 4.79 Å². The van der Waals surface area contributed by atoms with Gasteiger partial charge >= 0.3 is 5.97 Å². The van der Waals surface area contributed by atoms with Gasteiger partial charge in [-0.15, -0.1) is 0 Å². The van der Waals surface area contributed by atoms with Crippen molar-refractivity contribution >= 4 is 65.1 Å². The molecule has 1 atom stereocenters. The average Bonchev–Trinajstić information content (AvgIpc) is 1.88. The smallest absolute Gasteiger partial charge is 0.320 e. The molecular weight excluding hydrogens is 178 g/mol. The summed E-state index contributed by atoms with van der Waals surface area (Å²) >= 11 is 0. The predicted octanol–water partition coefficient (Wildman–Crippen LogP) is -1.23. The van der Waals surface area contributed by atoms with Gasteiger partial charge in [0.15, 0.2) is 0 Å². The van der Waals surface area contributed by atoms with Gasteiger partial charge in [0.2, 0.25) is 0 Å². The molecule has 6 heteroatoms. The van der Waals surface area contributed by atoms with Crippen LogP contribution in [0.2, 0.25) is 0 Å². The van der Waals surface area contributed by atoms with Crippen LogP contribution in [0.3, 0.4) is 0 Å². The van der Waals surface area contributed by atoms with Crippen molar-refractivity contribution in [3.63, 3.8) is 0 Å². The van der Waals surface area contributed by atoms with Crippen molar-refractivity contribution in [2.75, 3.05) is 6.54 Å². The van der Waals surface area contributed by atoms with Gasteiger partial charge < -0.3 is 16.6 Å². The number of hydrogen-bond acceptors (Lipinski definition) is 3. The van der Waals surface area contributed by atoms with Gasteiger partial charge in [-0.1, -0.05) is 6.42 Å². The van der Waals surface area contributed by atoms with E-state index in [-0.39, 0.29) is 59.1 Å². The molecule has 0 aromatic rings. The Hall–Kier alpha value is 1.39. The summed E-state index contributed by atoms with van der Waals surface area (Å²) in [6.07, 6.45) is 2.16. The van der Waals surface area contributed by atoms with Crippen LogP contribution in [0.5, 0.6) is 0 Å². The Bertz CT molecular complexity index is 114. The minimum atomic E-state index is -0.933. The van der Waals surface area contributed by atoms with Crippen LogP contribution in [0, 0.1) is 0 Å². The Kier molecular flexibility index (Phi) is 19.7. The van der Waals surface area contributed by atoms with E-state index >= 15 is 0 Å². The molecule has 0 saturated carbocycles. The molecule has 0 rings (SSSR count). The van der Waals surface area contributed by atoms with Crippen molar-refractivity contribution in [3.8, 4) is 0 Å². The molecule has 5 N–H and O–H groups in total. The Morgan fingerprint density at radius 2 is 1.83 bits per heavy atom. The molecule has 0 amide bonds. The molecule has 4 nitrogen and oxygen atoms in total. The monoisotopic (exact) mass is 192 g/mol. The van der Waals surface area contributed by atoms with E-state index in [0.717, 1.165) is 12.8 Å². The molecule has 62 valence electrons. The summed E-state index contributed by atoms with van der Waals surface area (Å²) in [5.74, 6) is -0.933. The fourth-order valence-electron chi connectivity index (χ4n) is 0.632. The van der Waals surface area contributed by atoms with Crippen molar-refractivity contribution in [2.45, 2.75) is 25.3 Å². The molecule has 0 fully saturated rings. The predicted molar refractivity (Wildman–Crippen MR) is 50.0 cm³/mol. The second-order valence-electron chi connectivity index (χ2n) is 2.23. The van der Waals surface area contributed by atoms with Gasteiger partial charge in [-0.3, -0.25) is 4.79 Å². The van der Waals surface area contributed by atoms with Gasteiger partial charge in [-0.25, -0.2) is 0 Å². The fourth-order valence-corrected chi connectivity index (χ4v) is 0.632. The van der Waals surface area contributed by atoms with Crippen LogP contribution in [0.4, 0.5) is 0 Å². The number of carboxylic acid groups (broad SMARTS) is 1. The number of carbonyl (C=O) groups is 1. The molecule has 0 aromatic carbocycles. The van der Waals surface area contributed by atoms with Crippen molar-refractivity contribution in [1.29, 1.82) is 0 Å². The van der Waals surface area contributed by atoms with Crippen molar-refractivity contribution in [2.24, 2.45) is 11.5 Å². The van der Waals surface area contributed by atoms with Gasteiger partial charge in [0.1, 0.15) is 6.04 Å². The van der Waals surface area contributed by atoms with E-state index in [0.29, 0.717) is 13.0 Å². The largest absolute Gasteiger partial charge is 0.480 e. The Morgan fingerprint density at radius 1 is 1.33 bits per heavy atom. The molecule has 0 aliphatic rings. The van der Waals surface area contributed by atoms with Crippen molar-refractivity contribution in [3.05, 3.63) is 0 Å². The van der Waals surface area contributed by atoms with Gasteiger partial charge in [0.05, 0.1) is 0 Å². The van der Waals surface area contributed by atoms with Crippen LogP contribution in [0.1, 0.15) is 19.3 Å². The zero-order chi connectivity index (χ0) is 7.98. The van der Waals surface area contributed by atoms with Crippen LogP contribution in [0.15, 0.2) is 0 Å². The molecular formula is C6H14N2Na2O2. The first kappa shape index (κ1) is 19.0. The van der Waals surface area contributed by atoms with Crippen molar-refractivity contribution in [1.82, 2.24) is 0 Å². The summed E-state index contributed by atoms with van der Waals surface area (Å²) in [4.78, 5) is 10.1. The maximum atomic E-state index is 10.1. The number of hydrogen-bond donors (Lipinski definition) is 3. The maximum absolute atomic E-state index is 10.1. The van der Waals surface area contributed by atoms with Crippen LogP contribution in [0.25, 0.3) is 0 Å². The first-order valence-corrected chi connectivity index (χ1v) is 3.37. The van der Waals surface area contributed by atoms with Crippen LogP contribution in [-0.2, 0) is 4.79 Å². The number of rotatable bonds is 5. The molecule has 0 bridgehead atoms. The maximum Gasteiger partial charge on any atom is 0.320 e. The van der Waals surface area contributed by atoms with E-state index in [4.69, 9.17) is 16.6 Å². The van der Waals surface area contributed by atoms with Gasteiger partial charge in [-0.2, -0.15) is 0 Å². The van der Waals surface area contributed by atoms with Crippen LogP contribution < -0.4 is 11.5 Å². The van der Waals surface area contributed by atoms with E-state index in [1.807, 2.05) is 0 Å². The third-order valence-corrected chi connectivity index (χ3v) is 1.29. The first-order chi connectivity index (χ1) is 4.68. The topological polar surface area (TPSA) is 89.3 Å². The van der Waals surface area contributed by atoms with E-state index in [2.05, 4.69) is 0 Å². The fraction of sp³-hybridized carbons (Fsp3) is 0.833. The summed E-state index contributed by atoms with van der Waals surface area (Å²) in [5.41, 5.74) is 10.4. The normalized spacial score (nSPS) is 10.8. The van der Waals surface area contributed by atoms with Crippen LogP contribution in [-0.4, -0.2) is 82.8 Å². The standard InChI is InChI=1S/C6H14N2O2.2Na/c7-4-2-1-3-5(8)6(9)10;;/h5H,1-4,7-8H2,(H,9,10);;/t5-;;/m0../s1. The van der Waals surface area contributed by atoms with Crippen LogP contribution >= 0.6 is 0 Å². The van der Waals surface area contributed by atoms with E-state index in [1.165, 1.54) is 0 Å². The molecule has 0 aromatic heterocycles. The Morgan fingerprint density at radius 3 is 2.17 bits per heavy atom. The molecule has 0 unspecified atom stereocenters. The molecule has 12 heavy (non-hydrogen) atoms. The number of nitrogens with two attached hydrogens (primary N) is 2. The summed E-state index contributed by atoms with van der Waals surface area (Å²) < 4.78 is 0. The number of unbranched alkanes of at least 4 members (excludes halogenated alkanes) is 1. The SMILES string of the molecule is NCCCC[C@H](N)C(=O)O.[Na].[Na]. The third kappa shape index (κ3) is 11.4. The molecule has 0 saturated heterocycles. The second-order valence-corrected chi connectivity index (χ2v) is 2.23.